The van der Waals surface area contributed by atoms with Crippen molar-refractivity contribution < 1.29 is 9.53 Å². The average Bonchev–Trinajstić information content (AvgIpc) is 2.42. The second kappa shape index (κ2) is 6.33. The first-order valence-corrected chi connectivity index (χ1v) is 6.39. The molecule has 1 aromatic heterocycles. The summed E-state index contributed by atoms with van der Waals surface area (Å²) in [7, 11) is 0. The molecule has 19 heavy (non-hydrogen) atoms. The number of piperazine rings is 1. The van der Waals surface area contributed by atoms with Gasteiger partial charge in [-0.25, -0.2) is 9.78 Å². The quantitative estimate of drug-likeness (QED) is 0.848. The lowest BCUT2D eigenvalue weighted by Crippen LogP contribution is -2.48. The van der Waals surface area contributed by atoms with E-state index in [0.29, 0.717) is 25.5 Å². The van der Waals surface area contributed by atoms with E-state index in [4.69, 9.17) is 10.5 Å². The molecule has 1 fully saturated rings. The lowest BCUT2D eigenvalue weighted by molar-refractivity contribution is 0.0775. The second-order valence-electron chi connectivity index (χ2n) is 4.39. The van der Waals surface area contributed by atoms with Crippen LogP contribution in [-0.4, -0.2) is 58.6 Å². The first kappa shape index (κ1) is 13.5. The number of hydrogen-bond donors (Lipinski definition) is 1. The molecule has 2 N–H and O–H groups in total. The van der Waals surface area contributed by atoms with Gasteiger partial charge in [0.1, 0.15) is 5.82 Å². The van der Waals surface area contributed by atoms with Crippen molar-refractivity contribution >= 4 is 11.9 Å². The van der Waals surface area contributed by atoms with Crippen LogP contribution in [0.1, 0.15) is 12.6 Å². The van der Waals surface area contributed by atoms with E-state index in [1.807, 2.05) is 6.92 Å². The summed E-state index contributed by atoms with van der Waals surface area (Å²) in [6.07, 6.45) is 3.02. The molecule has 1 amide bonds. The molecule has 7 nitrogen and oxygen atoms in total. The average molecular weight is 265 g/mol. The Kier molecular flexibility index (Phi) is 4.51. The van der Waals surface area contributed by atoms with Gasteiger partial charge in [0.25, 0.3) is 0 Å². The zero-order chi connectivity index (χ0) is 13.7. The van der Waals surface area contributed by atoms with E-state index in [9.17, 15) is 4.79 Å². The number of anilines is 1. The number of nitrogens with zero attached hydrogens (tertiary/aromatic N) is 4. The van der Waals surface area contributed by atoms with E-state index >= 15 is 0 Å². The minimum Gasteiger partial charge on any atom is -0.450 e. The van der Waals surface area contributed by atoms with Crippen molar-refractivity contribution in [2.45, 2.75) is 13.5 Å². The Balaban J connectivity index is 1.80. The lowest BCUT2D eigenvalue weighted by atomic mass is 10.3. The van der Waals surface area contributed by atoms with Gasteiger partial charge in [0, 0.05) is 32.7 Å². The molecule has 0 bridgehead atoms. The fourth-order valence-electron chi connectivity index (χ4n) is 1.98. The largest absolute Gasteiger partial charge is 0.450 e. The third kappa shape index (κ3) is 3.78. The van der Waals surface area contributed by atoms with Crippen molar-refractivity contribution in [2.75, 3.05) is 38.5 Å². The highest BCUT2D eigenvalue weighted by molar-refractivity contribution is 5.67. The smallest absolute Gasteiger partial charge is 0.409 e. The highest BCUT2D eigenvalue weighted by Gasteiger charge is 2.21. The van der Waals surface area contributed by atoms with Crippen molar-refractivity contribution in [3.63, 3.8) is 0 Å². The molecule has 0 aliphatic carbocycles. The Morgan fingerprint density at radius 2 is 2.05 bits per heavy atom. The zero-order valence-corrected chi connectivity index (χ0v) is 11.1. The summed E-state index contributed by atoms with van der Waals surface area (Å²) in [5.74, 6) is 0.427. The molecule has 1 saturated heterocycles. The van der Waals surface area contributed by atoms with Gasteiger partial charge in [0.05, 0.1) is 24.7 Å². The molecule has 0 radical (unpaired) electrons. The monoisotopic (exact) mass is 265 g/mol. The molecule has 104 valence electrons. The van der Waals surface area contributed by atoms with Crippen LogP contribution in [0.5, 0.6) is 0 Å². The fourth-order valence-corrected chi connectivity index (χ4v) is 1.98. The predicted octanol–water partition coefficient (Wildman–Crippen LogP) is 0.333. The third-order valence-corrected chi connectivity index (χ3v) is 3.01. The molecule has 7 heteroatoms. The molecule has 2 rings (SSSR count). The number of nitrogen functional groups attached to an aromatic ring is 1. The summed E-state index contributed by atoms with van der Waals surface area (Å²) in [6, 6.07) is 0. The highest BCUT2D eigenvalue weighted by atomic mass is 16.6. The normalized spacial score (nSPS) is 16.4. The lowest BCUT2D eigenvalue weighted by Gasteiger charge is -2.33. The summed E-state index contributed by atoms with van der Waals surface area (Å²) in [5.41, 5.74) is 6.38. The van der Waals surface area contributed by atoms with Crippen molar-refractivity contribution in [1.29, 1.82) is 0 Å². The van der Waals surface area contributed by atoms with Crippen LogP contribution in [0.15, 0.2) is 12.4 Å². The highest BCUT2D eigenvalue weighted by Crippen LogP contribution is 2.07. The summed E-state index contributed by atoms with van der Waals surface area (Å²) in [4.78, 5) is 23.8. The molecule has 0 spiro atoms. The van der Waals surface area contributed by atoms with Gasteiger partial charge >= 0.3 is 6.09 Å². The first-order valence-electron chi connectivity index (χ1n) is 6.39. The van der Waals surface area contributed by atoms with Crippen molar-refractivity contribution in [3.05, 3.63) is 18.1 Å². The summed E-state index contributed by atoms with van der Waals surface area (Å²) in [6.45, 7) is 5.94. The van der Waals surface area contributed by atoms with Gasteiger partial charge in [-0.3, -0.25) is 9.88 Å². The number of amides is 1. The van der Waals surface area contributed by atoms with Gasteiger partial charge in [0.2, 0.25) is 0 Å². The van der Waals surface area contributed by atoms with Crippen LogP contribution in [0.2, 0.25) is 0 Å². The summed E-state index contributed by atoms with van der Waals surface area (Å²) < 4.78 is 4.98. The number of aromatic nitrogens is 2. The van der Waals surface area contributed by atoms with Crippen molar-refractivity contribution in [2.24, 2.45) is 0 Å². The van der Waals surface area contributed by atoms with Gasteiger partial charge in [-0.2, -0.15) is 0 Å². The Morgan fingerprint density at radius 1 is 1.32 bits per heavy atom. The topological polar surface area (TPSA) is 84.6 Å². The van der Waals surface area contributed by atoms with Gasteiger partial charge in [0.15, 0.2) is 0 Å². The van der Waals surface area contributed by atoms with Gasteiger partial charge in [-0.05, 0) is 6.92 Å². The molecule has 1 aromatic rings. The van der Waals surface area contributed by atoms with E-state index < -0.39 is 0 Å². The zero-order valence-electron chi connectivity index (χ0n) is 11.1. The van der Waals surface area contributed by atoms with Crippen LogP contribution in [0.4, 0.5) is 10.6 Å². The number of ether oxygens (including phenoxy) is 1. The number of carbonyl (C=O) groups excluding carboxylic acids is 1. The van der Waals surface area contributed by atoms with E-state index in [2.05, 4.69) is 14.9 Å². The van der Waals surface area contributed by atoms with Crippen LogP contribution >= 0.6 is 0 Å². The molecule has 0 unspecified atom stereocenters. The molecule has 2 heterocycles. The number of nitrogens with two attached hydrogens (primary N) is 1. The van der Waals surface area contributed by atoms with Crippen LogP contribution in [0.3, 0.4) is 0 Å². The first-order chi connectivity index (χ1) is 9.19. The number of hydrogen-bond acceptors (Lipinski definition) is 6. The standard InChI is InChI=1S/C12H19N5O2/c1-2-19-12(18)17-5-3-16(4-6-17)9-10-7-15-11(13)8-14-10/h7-8H,2-6,9H2,1H3,(H2,13,15). The van der Waals surface area contributed by atoms with Gasteiger partial charge in [-0.1, -0.05) is 0 Å². The maximum atomic E-state index is 11.5. The van der Waals surface area contributed by atoms with E-state index in [-0.39, 0.29) is 6.09 Å². The number of carbonyl (C=O) groups is 1. The van der Waals surface area contributed by atoms with E-state index in [0.717, 1.165) is 25.3 Å². The molecule has 0 atom stereocenters. The SMILES string of the molecule is CCOC(=O)N1CCN(Cc2cnc(N)cn2)CC1. The Bertz CT molecular complexity index is 415. The van der Waals surface area contributed by atoms with E-state index in [1.54, 1.807) is 17.3 Å². The third-order valence-electron chi connectivity index (χ3n) is 3.01. The fraction of sp³-hybridized carbons (Fsp3) is 0.583. The summed E-state index contributed by atoms with van der Waals surface area (Å²) >= 11 is 0. The second-order valence-corrected chi connectivity index (χ2v) is 4.39. The predicted molar refractivity (Wildman–Crippen MR) is 70.3 cm³/mol. The summed E-state index contributed by atoms with van der Waals surface area (Å²) in [5, 5.41) is 0. The Labute approximate surface area is 112 Å². The van der Waals surface area contributed by atoms with Crippen LogP contribution in [0.25, 0.3) is 0 Å². The maximum Gasteiger partial charge on any atom is 0.409 e. The van der Waals surface area contributed by atoms with Gasteiger partial charge < -0.3 is 15.4 Å². The van der Waals surface area contributed by atoms with E-state index in [1.165, 1.54) is 0 Å². The Morgan fingerprint density at radius 3 is 2.63 bits per heavy atom. The molecular weight excluding hydrogens is 246 g/mol. The molecule has 1 aliphatic rings. The molecular formula is C12H19N5O2. The number of rotatable bonds is 3. The maximum absolute atomic E-state index is 11.5. The molecule has 1 aliphatic heterocycles. The van der Waals surface area contributed by atoms with Crippen molar-refractivity contribution in [1.82, 2.24) is 19.8 Å². The van der Waals surface area contributed by atoms with Crippen LogP contribution < -0.4 is 5.73 Å². The molecule has 0 saturated carbocycles. The van der Waals surface area contributed by atoms with Crippen molar-refractivity contribution in [3.8, 4) is 0 Å². The van der Waals surface area contributed by atoms with Gasteiger partial charge in [-0.15, -0.1) is 0 Å². The van der Waals surface area contributed by atoms with Crippen LogP contribution in [-0.2, 0) is 11.3 Å². The Hall–Kier alpha value is -1.89. The minimum atomic E-state index is -0.227. The molecule has 0 aromatic carbocycles. The minimum absolute atomic E-state index is 0.227. The van der Waals surface area contributed by atoms with Crippen LogP contribution in [0, 0.1) is 0 Å².